The molecular formula is C23H35FN4O3. The Morgan fingerprint density at radius 2 is 1.65 bits per heavy atom. The number of rotatable bonds is 6. The van der Waals surface area contributed by atoms with Crippen molar-refractivity contribution in [3.05, 3.63) is 35.6 Å². The van der Waals surface area contributed by atoms with E-state index in [-0.39, 0.29) is 23.4 Å². The number of piperidine rings is 1. The van der Waals surface area contributed by atoms with Gasteiger partial charge in [0.1, 0.15) is 11.9 Å². The standard InChI is InChI=1S/C23H35FN4O3/c1-6-27(7-2)21(30)19(25-20(29)17-8-10-18(24)11-9-17)16-12-14-28(15-13-16)22(31)26-23(3,4)5/h8-11,16,19H,6-7,12-15H2,1-5H3,(H,25,29)(H,26,31)/t19-/m1/s1. The molecule has 172 valence electrons. The summed E-state index contributed by atoms with van der Waals surface area (Å²) in [4.78, 5) is 41.9. The van der Waals surface area contributed by atoms with Crippen LogP contribution in [0.25, 0.3) is 0 Å². The number of nitrogens with zero attached hydrogens (tertiary/aromatic N) is 2. The molecule has 0 aliphatic carbocycles. The first kappa shape index (κ1) is 24.6. The van der Waals surface area contributed by atoms with E-state index in [0.29, 0.717) is 44.6 Å². The number of nitrogens with one attached hydrogen (secondary N) is 2. The van der Waals surface area contributed by atoms with Gasteiger partial charge < -0.3 is 20.4 Å². The normalized spacial score (nSPS) is 15.9. The molecule has 31 heavy (non-hydrogen) atoms. The Kier molecular flexibility index (Phi) is 8.42. The molecule has 0 unspecified atom stereocenters. The summed E-state index contributed by atoms with van der Waals surface area (Å²) >= 11 is 0. The number of urea groups is 1. The van der Waals surface area contributed by atoms with Gasteiger partial charge in [-0.25, -0.2) is 9.18 Å². The van der Waals surface area contributed by atoms with Gasteiger partial charge in [-0.05, 0) is 77.6 Å². The number of amides is 4. The van der Waals surface area contributed by atoms with Crippen molar-refractivity contribution in [1.82, 2.24) is 20.4 Å². The van der Waals surface area contributed by atoms with Crippen LogP contribution in [-0.4, -0.2) is 65.4 Å². The summed E-state index contributed by atoms with van der Waals surface area (Å²) in [5.41, 5.74) is -0.0149. The Balaban J connectivity index is 2.12. The van der Waals surface area contributed by atoms with Crippen molar-refractivity contribution in [1.29, 1.82) is 0 Å². The molecule has 1 atom stereocenters. The average molecular weight is 435 g/mol. The Morgan fingerprint density at radius 3 is 2.13 bits per heavy atom. The van der Waals surface area contributed by atoms with Crippen molar-refractivity contribution in [2.75, 3.05) is 26.2 Å². The molecule has 7 nitrogen and oxygen atoms in total. The molecule has 0 saturated carbocycles. The van der Waals surface area contributed by atoms with Crippen molar-refractivity contribution >= 4 is 17.8 Å². The first-order chi connectivity index (χ1) is 14.6. The molecular weight excluding hydrogens is 399 g/mol. The molecule has 0 spiro atoms. The maximum Gasteiger partial charge on any atom is 0.317 e. The topological polar surface area (TPSA) is 81.8 Å². The van der Waals surface area contributed by atoms with Crippen LogP contribution in [0.1, 0.15) is 57.8 Å². The summed E-state index contributed by atoms with van der Waals surface area (Å²) in [7, 11) is 0. The smallest absolute Gasteiger partial charge is 0.317 e. The molecule has 4 amide bonds. The molecule has 2 rings (SSSR count). The number of hydrogen-bond acceptors (Lipinski definition) is 3. The van der Waals surface area contributed by atoms with E-state index >= 15 is 0 Å². The van der Waals surface area contributed by atoms with Gasteiger partial charge in [-0.1, -0.05) is 0 Å². The molecule has 0 radical (unpaired) electrons. The molecule has 8 heteroatoms. The van der Waals surface area contributed by atoms with E-state index in [9.17, 15) is 18.8 Å². The first-order valence-corrected chi connectivity index (χ1v) is 11.0. The van der Waals surface area contributed by atoms with Crippen LogP contribution >= 0.6 is 0 Å². The lowest BCUT2D eigenvalue weighted by atomic mass is 9.88. The first-order valence-electron chi connectivity index (χ1n) is 11.0. The quantitative estimate of drug-likeness (QED) is 0.722. The molecule has 1 fully saturated rings. The van der Waals surface area contributed by atoms with Gasteiger partial charge in [-0.2, -0.15) is 0 Å². The van der Waals surface area contributed by atoms with Crippen LogP contribution in [0.15, 0.2) is 24.3 Å². The number of carbonyl (C=O) groups excluding carboxylic acids is 3. The van der Waals surface area contributed by atoms with Gasteiger partial charge in [0.15, 0.2) is 0 Å². The van der Waals surface area contributed by atoms with Crippen molar-refractivity contribution in [3.63, 3.8) is 0 Å². The van der Waals surface area contributed by atoms with E-state index in [1.165, 1.54) is 24.3 Å². The fraction of sp³-hybridized carbons (Fsp3) is 0.609. The summed E-state index contributed by atoms with van der Waals surface area (Å²) < 4.78 is 13.2. The highest BCUT2D eigenvalue weighted by Gasteiger charge is 2.36. The molecule has 1 aliphatic rings. The molecule has 1 aromatic rings. The predicted molar refractivity (Wildman–Crippen MR) is 118 cm³/mol. The van der Waals surface area contributed by atoms with Gasteiger partial charge in [-0.3, -0.25) is 9.59 Å². The van der Waals surface area contributed by atoms with E-state index in [1.807, 2.05) is 34.6 Å². The minimum absolute atomic E-state index is 0.0869. The van der Waals surface area contributed by atoms with Crippen LogP contribution in [0.5, 0.6) is 0 Å². The third-order valence-electron chi connectivity index (χ3n) is 5.51. The fourth-order valence-electron chi connectivity index (χ4n) is 3.77. The summed E-state index contributed by atoms with van der Waals surface area (Å²) in [6, 6.07) is 4.45. The Hall–Kier alpha value is -2.64. The maximum atomic E-state index is 13.2. The highest BCUT2D eigenvalue weighted by molar-refractivity contribution is 5.97. The van der Waals surface area contributed by atoms with Gasteiger partial charge in [-0.15, -0.1) is 0 Å². The van der Waals surface area contributed by atoms with Crippen LogP contribution < -0.4 is 10.6 Å². The number of benzene rings is 1. The number of carbonyl (C=O) groups is 3. The maximum absolute atomic E-state index is 13.2. The van der Waals surface area contributed by atoms with Gasteiger partial charge >= 0.3 is 6.03 Å². The molecule has 2 N–H and O–H groups in total. The van der Waals surface area contributed by atoms with Gasteiger partial charge in [0.05, 0.1) is 0 Å². The number of hydrogen-bond donors (Lipinski definition) is 2. The fourth-order valence-corrected chi connectivity index (χ4v) is 3.77. The van der Waals surface area contributed by atoms with Crippen LogP contribution in [0.3, 0.4) is 0 Å². The van der Waals surface area contributed by atoms with Gasteiger partial charge in [0.25, 0.3) is 5.91 Å². The lowest BCUT2D eigenvalue weighted by Gasteiger charge is -2.38. The molecule has 1 saturated heterocycles. The lowest BCUT2D eigenvalue weighted by molar-refractivity contribution is -0.134. The molecule has 0 bridgehead atoms. The monoisotopic (exact) mass is 434 g/mol. The van der Waals surface area contributed by atoms with Crippen molar-refractivity contribution < 1.29 is 18.8 Å². The average Bonchev–Trinajstić information content (AvgIpc) is 2.72. The minimum Gasteiger partial charge on any atom is -0.341 e. The molecule has 0 aromatic heterocycles. The van der Waals surface area contributed by atoms with Crippen molar-refractivity contribution in [2.45, 2.75) is 59.0 Å². The third kappa shape index (κ3) is 6.94. The van der Waals surface area contributed by atoms with E-state index in [4.69, 9.17) is 0 Å². The highest BCUT2D eigenvalue weighted by Crippen LogP contribution is 2.23. The Labute approximate surface area is 184 Å². The largest absolute Gasteiger partial charge is 0.341 e. The van der Waals surface area contributed by atoms with Crippen LogP contribution in [-0.2, 0) is 4.79 Å². The van der Waals surface area contributed by atoms with Crippen molar-refractivity contribution in [3.8, 4) is 0 Å². The van der Waals surface area contributed by atoms with Gasteiger partial charge in [0.2, 0.25) is 5.91 Å². The zero-order valence-electron chi connectivity index (χ0n) is 19.2. The number of halogens is 1. The zero-order valence-corrected chi connectivity index (χ0v) is 19.2. The number of likely N-dealkylation sites (tertiary alicyclic amines) is 1. The lowest BCUT2D eigenvalue weighted by Crippen LogP contribution is -2.56. The summed E-state index contributed by atoms with van der Waals surface area (Å²) in [6.07, 6.45) is 1.22. The zero-order chi connectivity index (χ0) is 23.2. The van der Waals surface area contributed by atoms with Crippen LogP contribution in [0.4, 0.5) is 9.18 Å². The van der Waals surface area contributed by atoms with E-state index < -0.39 is 17.8 Å². The summed E-state index contributed by atoms with van der Waals surface area (Å²) in [5.74, 6) is -1.04. The second-order valence-corrected chi connectivity index (χ2v) is 8.97. The SMILES string of the molecule is CCN(CC)C(=O)[C@H](NC(=O)c1ccc(F)cc1)C1CCN(C(=O)NC(C)(C)C)CC1. The van der Waals surface area contributed by atoms with Gasteiger partial charge in [0, 0.05) is 37.3 Å². The highest BCUT2D eigenvalue weighted by atomic mass is 19.1. The van der Waals surface area contributed by atoms with Crippen LogP contribution in [0.2, 0.25) is 0 Å². The molecule has 1 aromatic carbocycles. The van der Waals surface area contributed by atoms with E-state index in [0.717, 1.165) is 0 Å². The Morgan fingerprint density at radius 1 is 1.10 bits per heavy atom. The minimum atomic E-state index is -0.690. The van der Waals surface area contributed by atoms with Crippen molar-refractivity contribution in [2.24, 2.45) is 5.92 Å². The van der Waals surface area contributed by atoms with E-state index in [1.54, 1.807) is 9.80 Å². The summed E-state index contributed by atoms with van der Waals surface area (Å²) in [5, 5.41) is 5.84. The number of likely N-dealkylation sites (N-methyl/N-ethyl adjacent to an activating group) is 1. The third-order valence-corrected chi connectivity index (χ3v) is 5.51. The van der Waals surface area contributed by atoms with Crippen LogP contribution in [0, 0.1) is 11.7 Å². The molecule has 1 heterocycles. The Bertz CT molecular complexity index is 764. The second-order valence-electron chi connectivity index (χ2n) is 8.97. The van der Waals surface area contributed by atoms with E-state index in [2.05, 4.69) is 10.6 Å². The molecule has 1 aliphatic heterocycles. The predicted octanol–water partition coefficient (Wildman–Crippen LogP) is 3.01. The summed E-state index contributed by atoms with van der Waals surface area (Å²) in [6.45, 7) is 11.7. The second kappa shape index (κ2) is 10.6.